The summed E-state index contributed by atoms with van der Waals surface area (Å²) >= 11 is 0. The molecule has 0 saturated heterocycles. The number of hydrogen-bond donors (Lipinski definition) is 1. The summed E-state index contributed by atoms with van der Waals surface area (Å²) in [4.78, 5) is 2.59. The van der Waals surface area contributed by atoms with Crippen LogP contribution in [-0.2, 0) is 10.0 Å². The van der Waals surface area contributed by atoms with Crippen LogP contribution in [0.5, 0.6) is 0 Å². The third-order valence-electron chi connectivity index (χ3n) is 4.45. The van der Waals surface area contributed by atoms with Gasteiger partial charge in [-0.15, -0.1) is 0 Å². The molecule has 24 heavy (non-hydrogen) atoms. The maximum Gasteiger partial charge on any atom is 0.276 e. The highest BCUT2D eigenvalue weighted by Gasteiger charge is 2.26. The summed E-state index contributed by atoms with van der Waals surface area (Å²) in [6.45, 7) is 7.77. The van der Waals surface area contributed by atoms with Gasteiger partial charge in [-0.2, -0.15) is 13.5 Å². The van der Waals surface area contributed by atoms with Crippen molar-refractivity contribution >= 4 is 16.2 Å². The second-order valence-corrected chi connectivity index (χ2v) is 8.18. The maximum absolute atomic E-state index is 12.4. The Morgan fingerprint density at radius 3 is 2.54 bits per heavy atom. The Hall–Kier alpha value is -2.08. The van der Waals surface area contributed by atoms with Gasteiger partial charge in [0.25, 0.3) is 10.0 Å². The first kappa shape index (κ1) is 16.8. The van der Waals surface area contributed by atoms with Crippen molar-refractivity contribution in [3.8, 4) is 0 Å². The van der Waals surface area contributed by atoms with Gasteiger partial charge in [-0.1, -0.05) is 12.1 Å². The number of hydrogen-bond acceptors (Lipinski definition) is 3. The Balaban J connectivity index is 1.81. The average Bonchev–Trinajstić information content (AvgIpc) is 3.29. The Morgan fingerprint density at radius 2 is 1.88 bits per heavy atom. The Morgan fingerprint density at radius 1 is 1.17 bits per heavy atom. The van der Waals surface area contributed by atoms with E-state index in [1.54, 1.807) is 25.3 Å². The minimum absolute atomic E-state index is 0.267. The number of hydrazone groups is 1. The van der Waals surface area contributed by atoms with Crippen molar-refractivity contribution < 1.29 is 8.42 Å². The fraction of sp³-hybridized carbons (Fsp3) is 0.389. The zero-order valence-corrected chi connectivity index (χ0v) is 15.3. The fourth-order valence-electron chi connectivity index (χ4n) is 3.04. The third-order valence-corrected chi connectivity index (χ3v) is 5.81. The monoisotopic (exact) mass is 345 g/mol. The predicted octanol–water partition coefficient (Wildman–Crippen LogP) is 3.37. The third kappa shape index (κ3) is 3.24. The average molecular weight is 345 g/mol. The van der Waals surface area contributed by atoms with Gasteiger partial charge in [0, 0.05) is 23.0 Å². The van der Waals surface area contributed by atoms with Gasteiger partial charge in [0.2, 0.25) is 0 Å². The minimum atomic E-state index is -3.66. The molecule has 0 radical (unpaired) electrons. The number of nitrogens with one attached hydrogen (secondary N) is 1. The van der Waals surface area contributed by atoms with Gasteiger partial charge in [0.05, 0.1) is 11.1 Å². The molecule has 2 aromatic rings. The van der Waals surface area contributed by atoms with Gasteiger partial charge in [0.1, 0.15) is 0 Å². The van der Waals surface area contributed by atoms with Gasteiger partial charge in [0.15, 0.2) is 0 Å². The molecule has 128 valence electrons. The molecule has 3 rings (SSSR count). The molecule has 1 heterocycles. The second-order valence-electron chi connectivity index (χ2n) is 6.55. The van der Waals surface area contributed by atoms with Crippen LogP contribution in [0.25, 0.3) is 0 Å². The van der Waals surface area contributed by atoms with E-state index in [2.05, 4.69) is 21.4 Å². The number of aryl methyl sites for hydroxylation is 3. The molecule has 0 aliphatic heterocycles. The molecule has 1 saturated carbocycles. The van der Waals surface area contributed by atoms with Crippen LogP contribution in [0, 0.1) is 27.7 Å². The smallest absolute Gasteiger partial charge is 0.276 e. The number of aromatic nitrogens is 1. The lowest BCUT2D eigenvalue weighted by Crippen LogP contribution is -2.19. The van der Waals surface area contributed by atoms with Crippen molar-refractivity contribution in [3.05, 3.63) is 52.3 Å². The Kier molecular flexibility index (Phi) is 4.25. The highest BCUT2D eigenvalue weighted by Crippen LogP contribution is 2.38. The first-order valence-electron chi connectivity index (χ1n) is 8.10. The van der Waals surface area contributed by atoms with E-state index in [1.807, 2.05) is 26.0 Å². The molecular formula is C18H23N3O2S. The summed E-state index contributed by atoms with van der Waals surface area (Å²) in [6.07, 6.45) is 4.02. The lowest BCUT2D eigenvalue weighted by Gasteiger charge is -2.08. The van der Waals surface area contributed by atoms with E-state index in [0.29, 0.717) is 11.6 Å². The SMILES string of the molecule is Cc1ccc(C)c(S(=O)(=O)NN=Cc2cc(C)n(C3CC3)c2C)c1. The minimum Gasteiger partial charge on any atom is -0.345 e. The zero-order chi connectivity index (χ0) is 17.5. The summed E-state index contributed by atoms with van der Waals surface area (Å²) < 4.78 is 27.2. The molecule has 5 nitrogen and oxygen atoms in total. The number of sulfonamides is 1. The molecule has 0 unspecified atom stereocenters. The topological polar surface area (TPSA) is 63.5 Å². The van der Waals surface area contributed by atoms with E-state index in [-0.39, 0.29) is 4.90 Å². The molecule has 0 bridgehead atoms. The van der Waals surface area contributed by atoms with Gasteiger partial charge >= 0.3 is 0 Å². The molecule has 0 atom stereocenters. The summed E-state index contributed by atoms with van der Waals surface area (Å²) in [7, 11) is -3.66. The van der Waals surface area contributed by atoms with Crippen molar-refractivity contribution in [2.45, 2.75) is 51.5 Å². The van der Waals surface area contributed by atoms with Gasteiger partial charge in [-0.05, 0) is 63.8 Å². The normalized spacial score (nSPS) is 15.2. The van der Waals surface area contributed by atoms with Crippen LogP contribution in [0.2, 0.25) is 0 Å². The lowest BCUT2D eigenvalue weighted by molar-refractivity contribution is 0.584. The highest BCUT2D eigenvalue weighted by atomic mass is 32.2. The maximum atomic E-state index is 12.4. The Labute approximate surface area is 143 Å². The standard InChI is InChI=1S/C18H23N3O2S/c1-12-5-6-13(2)18(9-12)24(22,23)20-19-11-16-10-14(3)21(15(16)4)17-7-8-17/h5-6,9-11,17,20H,7-8H2,1-4H3. The molecule has 1 aromatic heterocycles. The Bertz CT molecular complexity index is 907. The molecule has 0 amide bonds. The molecular weight excluding hydrogens is 322 g/mol. The van der Waals surface area contributed by atoms with Crippen molar-refractivity contribution in [1.82, 2.24) is 9.40 Å². The van der Waals surface area contributed by atoms with Gasteiger partial charge in [-0.3, -0.25) is 0 Å². The number of rotatable bonds is 5. The summed E-state index contributed by atoms with van der Waals surface area (Å²) in [5, 5.41) is 3.98. The van der Waals surface area contributed by atoms with E-state index in [9.17, 15) is 8.42 Å². The molecule has 0 spiro atoms. The highest BCUT2D eigenvalue weighted by molar-refractivity contribution is 7.89. The zero-order valence-electron chi connectivity index (χ0n) is 14.5. The number of nitrogens with zero attached hydrogens (tertiary/aromatic N) is 2. The second kappa shape index (κ2) is 6.09. The molecule has 1 aromatic carbocycles. The summed E-state index contributed by atoms with van der Waals surface area (Å²) in [5.74, 6) is 0. The van der Waals surface area contributed by atoms with Crippen LogP contribution in [0.4, 0.5) is 0 Å². The van der Waals surface area contributed by atoms with E-state index in [4.69, 9.17) is 0 Å². The number of benzene rings is 1. The van der Waals surface area contributed by atoms with Crippen molar-refractivity contribution in [2.75, 3.05) is 0 Å². The lowest BCUT2D eigenvalue weighted by atomic mass is 10.2. The summed E-state index contributed by atoms with van der Waals surface area (Å²) in [5.41, 5.74) is 4.87. The quantitative estimate of drug-likeness (QED) is 0.667. The van der Waals surface area contributed by atoms with Crippen LogP contribution in [-0.4, -0.2) is 19.2 Å². The van der Waals surface area contributed by atoms with Gasteiger partial charge in [-0.25, -0.2) is 4.83 Å². The molecule has 6 heteroatoms. The molecule has 1 N–H and O–H groups in total. The van der Waals surface area contributed by atoms with Crippen LogP contribution < -0.4 is 4.83 Å². The van der Waals surface area contributed by atoms with Crippen LogP contribution in [0.1, 0.15) is 47.0 Å². The van der Waals surface area contributed by atoms with Crippen molar-refractivity contribution in [3.63, 3.8) is 0 Å². The van der Waals surface area contributed by atoms with Crippen molar-refractivity contribution in [2.24, 2.45) is 5.10 Å². The first-order chi connectivity index (χ1) is 11.3. The predicted molar refractivity (Wildman–Crippen MR) is 96.0 cm³/mol. The largest absolute Gasteiger partial charge is 0.345 e. The van der Waals surface area contributed by atoms with Gasteiger partial charge < -0.3 is 4.57 Å². The van der Waals surface area contributed by atoms with E-state index < -0.39 is 10.0 Å². The van der Waals surface area contributed by atoms with E-state index in [1.165, 1.54) is 18.5 Å². The molecule has 1 aliphatic rings. The van der Waals surface area contributed by atoms with E-state index >= 15 is 0 Å². The van der Waals surface area contributed by atoms with Crippen molar-refractivity contribution in [1.29, 1.82) is 0 Å². The van der Waals surface area contributed by atoms with Crippen LogP contribution >= 0.6 is 0 Å². The van der Waals surface area contributed by atoms with E-state index in [0.717, 1.165) is 16.8 Å². The van der Waals surface area contributed by atoms with Crippen LogP contribution in [0.3, 0.4) is 0 Å². The fourth-order valence-corrected chi connectivity index (χ4v) is 4.16. The molecule has 1 aliphatic carbocycles. The molecule has 1 fully saturated rings. The van der Waals surface area contributed by atoms with Crippen LogP contribution in [0.15, 0.2) is 34.3 Å². The first-order valence-corrected chi connectivity index (χ1v) is 9.58. The summed E-state index contributed by atoms with van der Waals surface area (Å²) in [6, 6.07) is 8.00.